The van der Waals surface area contributed by atoms with Crippen LogP contribution in [0.3, 0.4) is 0 Å². The number of methoxy groups -OCH3 is 1. The summed E-state index contributed by atoms with van der Waals surface area (Å²) in [6, 6.07) is 15.6. The topological polar surface area (TPSA) is 68.5 Å². The van der Waals surface area contributed by atoms with Gasteiger partial charge < -0.3 is 9.15 Å². The summed E-state index contributed by atoms with van der Waals surface area (Å²) in [5.41, 5.74) is 0.947. The molecule has 2 heterocycles. The van der Waals surface area contributed by atoms with Crippen molar-refractivity contribution in [2.75, 3.05) is 12.4 Å². The smallest absolute Gasteiger partial charge is 0.231 e. The van der Waals surface area contributed by atoms with Crippen LogP contribution in [-0.4, -0.2) is 13.0 Å². The lowest BCUT2D eigenvalue weighted by Crippen LogP contribution is -2.17. The third-order valence-electron chi connectivity index (χ3n) is 4.40. The van der Waals surface area contributed by atoms with Crippen LogP contribution in [-0.2, 0) is 11.2 Å². The van der Waals surface area contributed by atoms with Gasteiger partial charge in [0.2, 0.25) is 17.2 Å². The average Bonchev–Trinajstić information content (AvgIpc) is 3.22. The molecule has 1 N–H and O–H groups in total. The second-order valence-electron chi connectivity index (χ2n) is 6.31. The van der Waals surface area contributed by atoms with Gasteiger partial charge in [-0.3, -0.25) is 14.9 Å². The molecule has 0 aliphatic carbocycles. The highest BCUT2D eigenvalue weighted by Gasteiger charge is 2.19. The van der Waals surface area contributed by atoms with E-state index < -0.39 is 0 Å². The van der Waals surface area contributed by atoms with E-state index in [9.17, 15) is 9.59 Å². The van der Waals surface area contributed by atoms with Crippen molar-refractivity contribution in [2.45, 2.75) is 6.42 Å². The Morgan fingerprint density at radius 2 is 1.97 bits per heavy atom. The zero-order valence-electron chi connectivity index (χ0n) is 15.4. The predicted molar refractivity (Wildman–Crippen MR) is 116 cm³/mol. The van der Waals surface area contributed by atoms with Crippen molar-refractivity contribution in [3.8, 4) is 16.9 Å². The maximum absolute atomic E-state index is 13.3. The summed E-state index contributed by atoms with van der Waals surface area (Å²) < 4.78 is 11.1. The molecule has 4 aromatic rings. The van der Waals surface area contributed by atoms with Crippen LogP contribution < -0.4 is 15.5 Å². The molecule has 2 aromatic carbocycles. The number of carbonyl (C=O) groups is 1. The largest absolute Gasteiger partial charge is 0.497 e. The summed E-state index contributed by atoms with van der Waals surface area (Å²) in [5, 5.41) is 5.45. The molecule has 0 radical (unpaired) electrons. The van der Waals surface area contributed by atoms with Gasteiger partial charge in [-0.15, -0.1) is 11.3 Å². The highest BCUT2D eigenvalue weighted by molar-refractivity contribution is 7.10. The number of thiophene rings is 1. The van der Waals surface area contributed by atoms with Crippen LogP contribution in [0, 0.1) is 0 Å². The van der Waals surface area contributed by atoms with E-state index in [4.69, 9.17) is 20.8 Å². The molecule has 0 bridgehead atoms. The van der Waals surface area contributed by atoms with E-state index in [0.29, 0.717) is 27.3 Å². The molecule has 2 aromatic heterocycles. The van der Waals surface area contributed by atoms with Gasteiger partial charge in [0.25, 0.3) is 0 Å². The zero-order valence-corrected chi connectivity index (χ0v) is 17.0. The highest BCUT2D eigenvalue weighted by atomic mass is 35.5. The van der Waals surface area contributed by atoms with Crippen LogP contribution in [0.2, 0.25) is 5.02 Å². The van der Waals surface area contributed by atoms with Gasteiger partial charge in [0.05, 0.1) is 24.5 Å². The summed E-state index contributed by atoms with van der Waals surface area (Å²) in [4.78, 5) is 26.7. The number of ether oxygens (including phenoxy) is 1. The maximum atomic E-state index is 13.3. The van der Waals surface area contributed by atoms with Gasteiger partial charge in [-0.1, -0.05) is 29.8 Å². The molecule has 4 rings (SSSR count). The van der Waals surface area contributed by atoms with Gasteiger partial charge >= 0.3 is 0 Å². The Bertz CT molecular complexity index is 1230. The van der Waals surface area contributed by atoms with Crippen LogP contribution in [0.25, 0.3) is 22.1 Å². The van der Waals surface area contributed by atoms with Crippen molar-refractivity contribution >= 4 is 45.7 Å². The number of nitrogens with one attached hydrogen (secondary N) is 1. The SMILES string of the molecule is COc1ccc(-c2c(NC(=O)Cc3cccs3)oc3ccc(Cl)cc3c2=O)cc1. The van der Waals surface area contributed by atoms with Gasteiger partial charge in [-0.25, -0.2) is 0 Å². The second kappa shape index (κ2) is 8.11. The van der Waals surface area contributed by atoms with Crippen molar-refractivity contribution in [1.29, 1.82) is 0 Å². The first-order valence-electron chi connectivity index (χ1n) is 8.78. The Hall–Kier alpha value is -3.09. The van der Waals surface area contributed by atoms with E-state index in [0.717, 1.165) is 4.88 Å². The van der Waals surface area contributed by atoms with E-state index in [1.165, 1.54) is 11.3 Å². The van der Waals surface area contributed by atoms with E-state index in [1.54, 1.807) is 49.6 Å². The van der Waals surface area contributed by atoms with Gasteiger partial charge in [-0.05, 0) is 47.3 Å². The zero-order chi connectivity index (χ0) is 20.4. The number of rotatable bonds is 5. The standard InChI is InChI=1S/C22H16ClNO4S/c1-27-15-7-4-13(5-8-15)20-21(26)17-11-14(23)6-9-18(17)28-22(20)24-19(25)12-16-3-2-10-29-16/h2-11H,12H2,1H3,(H,24,25). The molecule has 0 saturated heterocycles. The molecule has 0 fully saturated rings. The third-order valence-corrected chi connectivity index (χ3v) is 5.51. The van der Waals surface area contributed by atoms with Gasteiger partial charge in [0.15, 0.2) is 0 Å². The van der Waals surface area contributed by atoms with Crippen LogP contribution in [0.5, 0.6) is 5.75 Å². The van der Waals surface area contributed by atoms with Gasteiger partial charge in [0.1, 0.15) is 11.3 Å². The van der Waals surface area contributed by atoms with Crippen LogP contribution in [0.4, 0.5) is 5.88 Å². The lowest BCUT2D eigenvalue weighted by atomic mass is 10.0. The fourth-order valence-electron chi connectivity index (χ4n) is 3.02. The summed E-state index contributed by atoms with van der Waals surface area (Å²) in [5.74, 6) is 0.500. The second-order valence-corrected chi connectivity index (χ2v) is 7.78. The monoisotopic (exact) mass is 425 g/mol. The number of anilines is 1. The lowest BCUT2D eigenvalue weighted by molar-refractivity contribution is -0.115. The molecule has 1 amide bonds. The summed E-state index contributed by atoms with van der Waals surface area (Å²) >= 11 is 7.56. The normalized spacial score (nSPS) is 10.8. The Morgan fingerprint density at radius 3 is 2.66 bits per heavy atom. The quantitative estimate of drug-likeness (QED) is 0.467. The van der Waals surface area contributed by atoms with Crippen molar-refractivity contribution in [1.82, 2.24) is 0 Å². The highest BCUT2D eigenvalue weighted by Crippen LogP contribution is 2.31. The van der Waals surface area contributed by atoms with Crippen LogP contribution in [0.15, 0.2) is 69.2 Å². The molecular formula is C22H16ClNO4S. The first-order chi connectivity index (χ1) is 14.0. The first kappa shape index (κ1) is 19.2. The average molecular weight is 426 g/mol. The minimum atomic E-state index is -0.273. The molecular weight excluding hydrogens is 410 g/mol. The Morgan fingerprint density at radius 1 is 1.17 bits per heavy atom. The Labute approximate surface area is 175 Å². The number of fused-ring (bicyclic) bond motifs is 1. The number of amides is 1. The summed E-state index contributed by atoms with van der Waals surface area (Å²) in [6.45, 7) is 0. The Balaban J connectivity index is 1.83. The van der Waals surface area contributed by atoms with Crippen molar-refractivity contribution in [3.63, 3.8) is 0 Å². The van der Waals surface area contributed by atoms with Crippen molar-refractivity contribution in [3.05, 3.63) is 80.1 Å². The van der Waals surface area contributed by atoms with E-state index in [1.807, 2.05) is 17.5 Å². The number of benzene rings is 2. The molecule has 0 spiro atoms. The molecule has 29 heavy (non-hydrogen) atoms. The molecule has 0 unspecified atom stereocenters. The number of halogens is 1. The Kier molecular flexibility index (Phi) is 5.38. The predicted octanol–water partition coefficient (Wildman–Crippen LogP) is 5.36. The molecule has 5 nitrogen and oxygen atoms in total. The first-order valence-corrected chi connectivity index (χ1v) is 10.0. The number of hydrogen-bond acceptors (Lipinski definition) is 5. The maximum Gasteiger partial charge on any atom is 0.231 e. The molecule has 7 heteroatoms. The van der Waals surface area contributed by atoms with Gasteiger partial charge in [0, 0.05) is 9.90 Å². The fraction of sp³-hybridized carbons (Fsp3) is 0.0909. The fourth-order valence-corrected chi connectivity index (χ4v) is 3.89. The summed E-state index contributed by atoms with van der Waals surface area (Å²) in [7, 11) is 1.57. The molecule has 0 atom stereocenters. The third kappa shape index (κ3) is 4.04. The van der Waals surface area contributed by atoms with E-state index in [-0.39, 0.29) is 29.2 Å². The van der Waals surface area contributed by atoms with Crippen molar-refractivity contribution in [2.24, 2.45) is 0 Å². The molecule has 0 saturated carbocycles. The minimum Gasteiger partial charge on any atom is -0.497 e. The van der Waals surface area contributed by atoms with Crippen LogP contribution in [0.1, 0.15) is 4.88 Å². The van der Waals surface area contributed by atoms with Crippen LogP contribution >= 0.6 is 22.9 Å². The molecule has 146 valence electrons. The minimum absolute atomic E-state index is 0.108. The molecule has 0 aliphatic rings. The van der Waals surface area contributed by atoms with E-state index in [2.05, 4.69) is 5.32 Å². The number of hydrogen-bond donors (Lipinski definition) is 1. The number of carbonyl (C=O) groups excluding carboxylic acids is 1. The summed E-state index contributed by atoms with van der Waals surface area (Å²) in [6.07, 6.45) is 0.197. The van der Waals surface area contributed by atoms with E-state index >= 15 is 0 Å². The van der Waals surface area contributed by atoms with Crippen molar-refractivity contribution < 1.29 is 13.9 Å². The molecule has 0 aliphatic heterocycles. The lowest BCUT2D eigenvalue weighted by Gasteiger charge is -2.12. The van der Waals surface area contributed by atoms with Gasteiger partial charge in [-0.2, -0.15) is 0 Å².